The number of hydrogen-bond acceptors (Lipinski definition) is 3. The molecule has 3 aromatic rings. The normalized spacial score (nSPS) is 11.0. The van der Waals surface area contributed by atoms with Crippen molar-refractivity contribution in [2.75, 3.05) is 5.73 Å². The number of thioether (sulfide) groups is 1. The van der Waals surface area contributed by atoms with E-state index in [1.807, 2.05) is 53.2 Å². The van der Waals surface area contributed by atoms with E-state index in [1.54, 1.807) is 11.8 Å². The molecule has 3 nitrogen and oxygen atoms in total. The van der Waals surface area contributed by atoms with Crippen LogP contribution in [0.1, 0.15) is 5.69 Å². The van der Waals surface area contributed by atoms with Crippen LogP contribution in [-0.2, 0) is 5.75 Å². The second-order valence-electron chi connectivity index (χ2n) is 4.20. The maximum Gasteiger partial charge on any atom is 0.137 e. The van der Waals surface area contributed by atoms with Crippen LogP contribution in [0, 0.1) is 0 Å². The van der Waals surface area contributed by atoms with Crippen LogP contribution in [0.15, 0.2) is 53.7 Å². The third-order valence-corrected chi connectivity index (χ3v) is 4.00. The minimum Gasteiger partial charge on any atom is -0.399 e. The number of imidazole rings is 1. The number of nitrogens with two attached hydrogens (primary N) is 1. The standard InChI is InChI=1S/C14H12ClN3S/c15-10-1-6-14-17-12(8-18(14)7-10)9-19-13-4-2-11(16)3-5-13/h1-8H,9,16H2. The summed E-state index contributed by atoms with van der Waals surface area (Å²) in [6, 6.07) is 11.6. The number of rotatable bonds is 3. The van der Waals surface area contributed by atoms with Crippen molar-refractivity contribution in [3.05, 3.63) is 59.5 Å². The van der Waals surface area contributed by atoms with Gasteiger partial charge in [0.2, 0.25) is 0 Å². The number of fused-ring (bicyclic) bond motifs is 1. The van der Waals surface area contributed by atoms with E-state index >= 15 is 0 Å². The number of aromatic nitrogens is 2. The van der Waals surface area contributed by atoms with Gasteiger partial charge in [0, 0.05) is 28.7 Å². The summed E-state index contributed by atoms with van der Waals surface area (Å²) < 4.78 is 1.95. The van der Waals surface area contributed by atoms with Crippen molar-refractivity contribution in [1.82, 2.24) is 9.38 Å². The Morgan fingerprint density at radius 1 is 1.11 bits per heavy atom. The Balaban J connectivity index is 1.76. The summed E-state index contributed by atoms with van der Waals surface area (Å²) >= 11 is 7.69. The molecule has 0 fully saturated rings. The first-order valence-corrected chi connectivity index (χ1v) is 7.18. The number of anilines is 1. The summed E-state index contributed by atoms with van der Waals surface area (Å²) in [5, 5.41) is 0.711. The topological polar surface area (TPSA) is 43.3 Å². The molecule has 19 heavy (non-hydrogen) atoms. The molecule has 2 aromatic heterocycles. The van der Waals surface area contributed by atoms with Crippen LogP contribution < -0.4 is 5.73 Å². The van der Waals surface area contributed by atoms with Crippen LogP contribution in [0.3, 0.4) is 0 Å². The number of nitrogens with zero attached hydrogens (tertiary/aromatic N) is 2. The van der Waals surface area contributed by atoms with Gasteiger partial charge in [0.15, 0.2) is 0 Å². The Kier molecular flexibility index (Phi) is 3.36. The van der Waals surface area contributed by atoms with Gasteiger partial charge in [-0.15, -0.1) is 11.8 Å². The molecule has 0 saturated heterocycles. The average Bonchev–Trinajstić information content (AvgIpc) is 2.80. The Hall–Kier alpha value is -1.65. The third kappa shape index (κ3) is 2.85. The maximum atomic E-state index is 5.95. The van der Waals surface area contributed by atoms with Gasteiger partial charge in [0.25, 0.3) is 0 Å². The highest BCUT2D eigenvalue weighted by atomic mass is 35.5. The van der Waals surface area contributed by atoms with Crippen molar-refractivity contribution in [3.8, 4) is 0 Å². The van der Waals surface area contributed by atoms with E-state index in [0.717, 1.165) is 22.8 Å². The number of nitrogen functional groups attached to an aromatic ring is 1. The van der Waals surface area contributed by atoms with Gasteiger partial charge in [-0.3, -0.25) is 0 Å². The zero-order valence-electron chi connectivity index (χ0n) is 10.1. The van der Waals surface area contributed by atoms with E-state index in [1.165, 1.54) is 4.90 Å². The quantitative estimate of drug-likeness (QED) is 0.588. The Morgan fingerprint density at radius 3 is 2.68 bits per heavy atom. The van der Waals surface area contributed by atoms with Crippen LogP contribution in [0.2, 0.25) is 5.02 Å². The highest BCUT2D eigenvalue weighted by Gasteiger charge is 2.03. The summed E-state index contributed by atoms with van der Waals surface area (Å²) in [4.78, 5) is 5.73. The van der Waals surface area contributed by atoms with Crippen molar-refractivity contribution in [2.24, 2.45) is 0 Å². The third-order valence-electron chi connectivity index (χ3n) is 2.73. The molecule has 0 spiro atoms. The summed E-state index contributed by atoms with van der Waals surface area (Å²) in [6.45, 7) is 0. The number of benzene rings is 1. The molecule has 0 aliphatic heterocycles. The summed E-state index contributed by atoms with van der Waals surface area (Å²) in [6.07, 6.45) is 3.87. The largest absolute Gasteiger partial charge is 0.399 e. The molecule has 0 radical (unpaired) electrons. The summed E-state index contributed by atoms with van der Waals surface area (Å²) in [7, 11) is 0. The van der Waals surface area contributed by atoms with Gasteiger partial charge in [-0.1, -0.05) is 11.6 Å². The molecule has 96 valence electrons. The molecule has 0 unspecified atom stereocenters. The van der Waals surface area contributed by atoms with Gasteiger partial charge in [0.1, 0.15) is 5.65 Å². The lowest BCUT2D eigenvalue weighted by Crippen LogP contribution is -1.83. The summed E-state index contributed by atoms with van der Waals surface area (Å²) in [5.74, 6) is 0.823. The number of hydrogen-bond donors (Lipinski definition) is 1. The molecule has 0 aliphatic carbocycles. The van der Waals surface area contributed by atoms with Gasteiger partial charge in [0.05, 0.1) is 10.7 Å². The number of halogens is 1. The molecule has 3 rings (SSSR count). The van der Waals surface area contributed by atoms with Crippen LogP contribution in [0.5, 0.6) is 0 Å². The van der Waals surface area contributed by atoms with E-state index in [-0.39, 0.29) is 0 Å². The molecule has 0 bridgehead atoms. The fraction of sp³-hybridized carbons (Fsp3) is 0.0714. The average molecular weight is 290 g/mol. The lowest BCUT2D eigenvalue weighted by molar-refractivity contribution is 1.18. The first kappa shape index (κ1) is 12.4. The molecular weight excluding hydrogens is 278 g/mol. The zero-order valence-corrected chi connectivity index (χ0v) is 11.7. The molecule has 0 amide bonds. The van der Waals surface area contributed by atoms with Crippen LogP contribution in [-0.4, -0.2) is 9.38 Å². The van der Waals surface area contributed by atoms with Gasteiger partial charge in [-0.05, 0) is 36.4 Å². The Labute approximate surface area is 120 Å². The highest BCUT2D eigenvalue weighted by Crippen LogP contribution is 2.23. The molecule has 0 saturated carbocycles. The zero-order chi connectivity index (χ0) is 13.2. The maximum absolute atomic E-state index is 5.95. The van der Waals surface area contributed by atoms with Crippen molar-refractivity contribution >= 4 is 34.7 Å². The predicted octanol–water partition coefficient (Wildman–Crippen LogP) is 3.86. The predicted molar refractivity (Wildman–Crippen MR) is 80.6 cm³/mol. The monoisotopic (exact) mass is 289 g/mol. The van der Waals surface area contributed by atoms with Crippen molar-refractivity contribution in [3.63, 3.8) is 0 Å². The van der Waals surface area contributed by atoms with E-state index < -0.39 is 0 Å². The lowest BCUT2D eigenvalue weighted by Gasteiger charge is -1.99. The van der Waals surface area contributed by atoms with Gasteiger partial charge in [-0.2, -0.15) is 0 Å². The number of pyridine rings is 1. The molecule has 2 heterocycles. The first-order valence-electron chi connectivity index (χ1n) is 5.82. The highest BCUT2D eigenvalue weighted by molar-refractivity contribution is 7.98. The molecule has 0 aliphatic rings. The van der Waals surface area contributed by atoms with Crippen molar-refractivity contribution in [1.29, 1.82) is 0 Å². The molecule has 2 N–H and O–H groups in total. The SMILES string of the molecule is Nc1ccc(SCc2cn3cc(Cl)ccc3n2)cc1. The van der Waals surface area contributed by atoms with Crippen LogP contribution in [0.25, 0.3) is 5.65 Å². The second-order valence-corrected chi connectivity index (χ2v) is 5.69. The van der Waals surface area contributed by atoms with E-state index in [4.69, 9.17) is 17.3 Å². The molecule has 1 aromatic carbocycles. The van der Waals surface area contributed by atoms with Gasteiger partial charge in [-0.25, -0.2) is 4.98 Å². The van der Waals surface area contributed by atoms with Crippen LogP contribution >= 0.6 is 23.4 Å². The fourth-order valence-electron chi connectivity index (χ4n) is 1.81. The molecule has 0 atom stereocenters. The minimum absolute atomic E-state index is 0.711. The lowest BCUT2D eigenvalue weighted by atomic mass is 10.3. The summed E-state index contributed by atoms with van der Waals surface area (Å²) in [5.41, 5.74) is 8.39. The van der Waals surface area contributed by atoms with Crippen molar-refractivity contribution < 1.29 is 0 Å². The van der Waals surface area contributed by atoms with E-state index in [9.17, 15) is 0 Å². The fourth-order valence-corrected chi connectivity index (χ4v) is 2.76. The molecular formula is C14H12ClN3S. The first-order chi connectivity index (χ1) is 9.20. The van der Waals surface area contributed by atoms with Gasteiger partial charge < -0.3 is 10.1 Å². The Bertz CT molecular complexity index is 706. The van der Waals surface area contributed by atoms with Gasteiger partial charge >= 0.3 is 0 Å². The van der Waals surface area contributed by atoms with E-state index in [2.05, 4.69) is 4.98 Å². The smallest absolute Gasteiger partial charge is 0.137 e. The van der Waals surface area contributed by atoms with Crippen LogP contribution in [0.4, 0.5) is 5.69 Å². The minimum atomic E-state index is 0.711. The van der Waals surface area contributed by atoms with E-state index in [0.29, 0.717) is 5.02 Å². The molecule has 5 heteroatoms. The van der Waals surface area contributed by atoms with Crippen molar-refractivity contribution in [2.45, 2.75) is 10.6 Å². The second kappa shape index (κ2) is 5.15. The Morgan fingerprint density at radius 2 is 1.89 bits per heavy atom.